The molecule has 0 bridgehead atoms. The van der Waals surface area contributed by atoms with Crippen molar-refractivity contribution in [2.75, 3.05) is 0 Å². The first-order valence-electron chi connectivity index (χ1n) is 6.25. The van der Waals surface area contributed by atoms with E-state index < -0.39 is 5.97 Å². The molecule has 22 heavy (non-hydrogen) atoms. The first-order chi connectivity index (χ1) is 10.6. The van der Waals surface area contributed by atoms with Crippen LogP contribution >= 0.6 is 11.3 Å². The molecule has 0 amide bonds. The first kappa shape index (κ1) is 14.0. The lowest BCUT2D eigenvalue weighted by Gasteiger charge is -2.01. The molecule has 0 radical (unpaired) electrons. The molecule has 0 aliphatic heterocycles. The quantitative estimate of drug-likeness (QED) is 0.796. The Morgan fingerprint density at radius 3 is 2.82 bits per heavy atom. The van der Waals surface area contributed by atoms with Crippen molar-refractivity contribution < 1.29 is 14.3 Å². The van der Waals surface area contributed by atoms with Gasteiger partial charge in [0.15, 0.2) is 5.76 Å². The van der Waals surface area contributed by atoms with Crippen molar-refractivity contribution in [3.8, 4) is 28.1 Å². The number of rotatable bonds is 3. The summed E-state index contributed by atoms with van der Waals surface area (Å²) in [6.07, 6.45) is 1.52. The molecule has 0 spiro atoms. The largest absolute Gasteiger partial charge is 0.477 e. The summed E-state index contributed by atoms with van der Waals surface area (Å²) in [6.45, 7) is 1.64. The molecule has 0 saturated carbocycles. The van der Waals surface area contributed by atoms with Crippen LogP contribution in [0.25, 0.3) is 22.0 Å². The molecule has 3 heterocycles. The van der Waals surface area contributed by atoms with Crippen molar-refractivity contribution in [2.45, 2.75) is 6.92 Å². The van der Waals surface area contributed by atoms with Gasteiger partial charge in [0.05, 0.1) is 12.0 Å². The number of pyridine rings is 1. The predicted molar refractivity (Wildman–Crippen MR) is 79.5 cm³/mol. The molecule has 3 aromatic rings. The Bertz CT molecular complexity index is 891. The van der Waals surface area contributed by atoms with Gasteiger partial charge in [-0.25, -0.2) is 14.8 Å². The van der Waals surface area contributed by atoms with E-state index >= 15 is 0 Å². The summed E-state index contributed by atoms with van der Waals surface area (Å²) >= 11 is 1.07. The van der Waals surface area contributed by atoms with Crippen LogP contribution < -0.4 is 0 Å². The maximum Gasteiger partial charge on any atom is 0.347 e. The van der Waals surface area contributed by atoms with Crippen LogP contribution in [0.3, 0.4) is 0 Å². The smallest absolute Gasteiger partial charge is 0.347 e. The summed E-state index contributed by atoms with van der Waals surface area (Å²) in [5, 5.41) is 18.8. The molecule has 0 aliphatic rings. The van der Waals surface area contributed by atoms with Crippen LogP contribution in [0.2, 0.25) is 0 Å². The van der Waals surface area contributed by atoms with Gasteiger partial charge in [-0.05, 0) is 31.2 Å². The summed E-state index contributed by atoms with van der Waals surface area (Å²) in [5.74, 6) is -0.479. The molecule has 0 aliphatic carbocycles. The third-order valence-electron chi connectivity index (χ3n) is 2.95. The van der Waals surface area contributed by atoms with E-state index in [1.807, 2.05) is 6.07 Å². The highest BCUT2D eigenvalue weighted by Crippen LogP contribution is 2.31. The van der Waals surface area contributed by atoms with Crippen molar-refractivity contribution in [3.63, 3.8) is 0 Å². The first-order valence-corrected chi connectivity index (χ1v) is 7.07. The number of aromatic nitrogens is 2. The Labute approximate surface area is 129 Å². The maximum atomic E-state index is 11.1. The van der Waals surface area contributed by atoms with Crippen LogP contribution in [0.15, 0.2) is 34.9 Å². The molecule has 3 aromatic heterocycles. The molecule has 0 saturated heterocycles. The van der Waals surface area contributed by atoms with Crippen molar-refractivity contribution in [2.24, 2.45) is 0 Å². The minimum absolute atomic E-state index is 0.185. The Morgan fingerprint density at radius 2 is 2.23 bits per heavy atom. The second-order valence-electron chi connectivity index (χ2n) is 4.45. The molecular weight excluding hydrogens is 302 g/mol. The van der Waals surface area contributed by atoms with Gasteiger partial charge in [0, 0.05) is 5.56 Å². The monoisotopic (exact) mass is 311 g/mol. The van der Waals surface area contributed by atoms with E-state index in [4.69, 9.17) is 14.8 Å². The number of carbonyl (C=O) groups is 1. The molecule has 1 N–H and O–H groups in total. The number of furan rings is 1. The average Bonchev–Trinajstić information content (AvgIpc) is 3.16. The lowest BCUT2D eigenvalue weighted by molar-refractivity contribution is 0.0701. The third-order valence-corrected chi connectivity index (χ3v) is 4.15. The van der Waals surface area contributed by atoms with Crippen molar-refractivity contribution in [1.29, 1.82) is 5.26 Å². The van der Waals surface area contributed by atoms with Crippen molar-refractivity contribution in [1.82, 2.24) is 9.97 Å². The van der Waals surface area contributed by atoms with E-state index in [1.165, 1.54) is 6.26 Å². The zero-order chi connectivity index (χ0) is 15.7. The van der Waals surface area contributed by atoms with E-state index in [9.17, 15) is 4.79 Å². The van der Waals surface area contributed by atoms with Crippen LogP contribution in [0.1, 0.15) is 21.1 Å². The minimum atomic E-state index is -1.01. The third kappa shape index (κ3) is 2.47. The highest BCUT2D eigenvalue weighted by atomic mass is 32.1. The minimum Gasteiger partial charge on any atom is -0.477 e. The highest BCUT2D eigenvalue weighted by molar-refractivity contribution is 7.17. The number of nitrogens with zero attached hydrogens (tertiary/aromatic N) is 3. The Hall–Kier alpha value is -2.98. The predicted octanol–water partition coefficient (Wildman–Crippen LogP) is 3.34. The molecular formula is C15H9N3O3S. The van der Waals surface area contributed by atoms with Gasteiger partial charge in [-0.1, -0.05) is 0 Å². The van der Waals surface area contributed by atoms with Crippen LogP contribution in [0.5, 0.6) is 0 Å². The second-order valence-corrected chi connectivity index (χ2v) is 5.45. The molecule has 7 heteroatoms. The van der Waals surface area contributed by atoms with E-state index in [-0.39, 0.29) is 10.6 Å². The van der Waals surface area contributed by atoms with E-state index in [1.54, 1.807) is 31.2 Å². The van der Waals surface area contributed by atoms with E-state index in [2.05, 4.69) is 9.97 Å². The summed E-state index contributed by atoms with van der Waals surface area (Å²) in [6, 6.07) is 8.76. The van der Waals surface area contributed by atoms with Gasteiger partial charge in [0.1, 0.15) is 27.3 Å². The topological polar surface area (TPSA) is 100 Å². The number of thiazole rings is 1. The van der Waals surface area contributed by atoms with Crippen molar-refractivity contribution >= 4 is 17.3 Å². The van der Waals surface area contributed by atoms with Gasteiger partial charge in [-0.3, -0.25) is 0 Å². The maximum absolute atomic E-state index is 11.1. The van der Waals surface area contributed by atoms with Gasteiger partial charge in [0.25, 0.3) is 0 Å². The number of carboxylic acids is 1. The van der Waals surface area contributed by atoms with Crippen LogP contribution in [-0.4, -0.2) is 21.0 Å². The lowest BCUT2D eigenvalue weighted by Crippen LogP contribution is -1.94. The molecule has 0 atom stereocenters. The van der Waals surface area contributed by atoms with Gasteiger partial charge in [0.2, 0.25) is 0 Å². The van der Waals surface area contributed by atoms with Crippen LogP contribution in [-0.2, 0) is 0 Å². The normalized spacial score (nSPS) is 10.4. The summed E-state index contributed by atoms with van der Waals surface area (Å²) in [7, 11) is 0. The molecule has 0 unspecified atom stereocenters. The zero-order valence-electron chi connectivity index (χ0n) is 11.4. The Balaban J connectivity index is 2.15. The Morgan fingerprint density at radius 1 is 1.41 bits per heavy atom. The SMILES string of the molecule is Cc1nc(-c2cc(C#N)nc(-c3ccco3)c2)sc1C(=O)O. The van der Waals surface area contributed by atoms with Gasteiger partial charge in [-0.2, -0.15) is 5.26 Å². The molecule has 6 nitrogen and oxygen atoms in total. The zero-order valence-corrected chi connectivity index (χ0v) is 12.2. The number of hydrogen-bond donors (Lipinski definition) is 1. The fourth-order valence-corrected chi connectivity index (χ4v) is 2.87. The van der Waals surface area contributed by atoms with E-state index in [0.29, 0.717) is 27.7 Å². The highest BCUT2D eigenvalue weighted by Gasteiger charge is 2.17. The fourth-order valence-electron chi connectivity index (χ4n) is 1.98. The summed E-state index contributed by atoms with van der Waals surface area (Å²) in [5.41, 5.74) is 1.80. The molecule has 3 rings (SSSR count). The number of aryl methyl sites for hydroxylation is 1. The second kappa shape index (κ2) is 5.42. The van der Waals surface area contributed by atoms with E-state index in [0.717, 1.165) is 11.3 Å². The van der Waals surface area contributed by atoms with Crippen molar-refractivity contribution in [3.05, 3.63) is 46.8 Å². The fraction of sp³-hybridized carbons (Fsp3) is 0.0667. The van der Waals surface area contributed by atoms with Crippen LogP contribution in [0, 0.1) is 18.3 Å². The molecule has 0 fully saturated rings. The van der Waals surface area contributed by atoms with Crippen LogP contribution in [0.4, 0.5) is 0 Å². The van der Waals surface area contributed by atoms with Gasteiger partial charge < -0.3 is 9.52 Å². The molecule has 0 aromatic carbocycles. The number of nitriles is 1. The van der Waals surface area contributed by atoms with Gasteiger partial charge >= 0.3 is 5.97 Å². The van der Waals surface area contributed by atoms with Gasteiger partial charge in [-0.15, -0.1) is 11.3 Å². The molecule has 108 valence electrons. The number of hydrogen-bond acceptors (Lipinski definition) is 6. The average molecular weight is 311 g/mol. The summed E-state index contributed by atoms with van der Waals surface area (Å²) < 4.78 is 5.29. The lowest BCUT2D eigenvalue weighted by atomic mass is 10.1. The summed E-state index contributed by atoms with van der Waals surface area (Å²) in [4.78, 5) is 19.8. The number of aromatic carboxylic acids is 1. The Kier molecular flexibility index (Phi) is 3.45. The standard InChI is InChI=1S/C15H9N3O3S/c1-8-13(15(19)20)22-14(17-8)9-5-10(7-16)18-11(6-9)12-3-2-4-21-12/h2-6H,1H3,(H,19,20). The number of carboxylic acid groups (broad SMARTS) is 1.